The Balaban J connectivity index is 1.85. The molecule has 2 aliphatic rings. The van der Waals surface area contributed by atoms with Gasteiger partial charge in [-0.15, -0.1) is 0 Å². The first-order chi connectivity index (χ1) is 7.49. The maximum absolute atomic E-state index is 11.6. The molecular formula is C11H19N3O2. The van der Waals surface area contributed by atoms with Crippen molar-refractivity contribution in [3.63, 3.8) is 0 Å². The summed E-state index contributed by atoms with van der Waals surface area (Å²) >= 11 is 0. The summed E-state index contributed by atoms with van der Waals surface area (Å²) in [4.78, 5) is 26.8. The maximum Gasteiger partial charge on any atom is 0.225 e. The van der Waals surface area contributed by atoms with Crippen molar-refractivity contribution >= 4 is 11.8 Å². The molecule has 2 saturated heterocycles. The van der Waals surface area contributed by atoms with Crippen LogP contribution in [0.25, 0.3) is 0 Å². The smallest absolute Gasteiger partial charge is 0.225 e. The first-order valence-corrected chi connectivity index (χ1v) is 5.83. The Morgan fingerprint density at radius 3 is 2.44 bits per heavy atom. The summed E-state index contributed by atoms with van der Waals surface area (Å²) in [6, 6.07) is 0.172. The summed E-state index contributed by atoms with van der Waals surface area (Å²) in [7, 11) is 0. The molecule has 5 heteroatoms. The summed E-state index contributed by atoms with van der Waals surface area (Å²) in [6.07, 6.45) is 0.453. The van der Waals surface area contributed by atoms with Gasteiger partial charge in [0.2, 0.25) is 11.8 Å². The first-order valence-electron chi connectivity index (χ1n) is 5.83. The third-order valence-corrected chi connectivity index (χ3v) is 3.30. The first kappa shape index (κ1) is 11.4. The van der Waals surface area contributed by atoms with Gasteiger partial charge in [-0.05, 0) is 0 Å². The third-order valence-electron chi connectivity index (χ3n) is 3.30. The Morgan fingerprint density at radius 2 is 2.00 bits per heavy atom. The topological polar surface area (TPSA) is 66.6 Å². The lowest BCUT2D eigenvalue weighted by Gasteiger charge is -2.44. The van der Waals surface area contributed by atoms with Gasteiger partial charge in [-0.3, -0.25) is 9.59 Å². The number of carbonyl (C=O) groups is 2. The van der Waals surface area contributed by atoms with Crippen LogP contribution in [0.5, 0.6) is 0 Å². The van der Waals surface area contributed by atoms with E-state index in [0.29, 0.717) is 26.1 Å². The van der Waals surface area contributed by atoms with Crippen LogP contribution >= 0.6 is 0 Å². The molecule has 0 aromatic rings. The Bertz CT molecular complexity index is 310. The second-order valence-electron chi connectivity index (χ2n) is 5.06. The van der Waals surface area contributed by atoms with Gasteiger partial charge >= 0.3 is 0 Å². The van der Waals surface area contributed by atoms with Gasteiger partial charge in [0.1, 0.15) is 0 Å². The molecule has 2 amide bonds. The molecule has 5 nitrogen and oxygen atoms in total. The van der Waals surface area contributed by atoms with E-state index in [1.807, 2.05) is 23.6 Å². The number of likely N-dealkylation sites (tertiary alicyclic amines) is 2. The van der Waals surface area contributed by atoms with E-state index in [9.17, 15) is 9.59 Å². The van der Waals surface area contributed by atoms with Crippen LogP contribution in [0.1, 0.15) is 20.3 Å². The van der Waals surface area contributed by atoms with Crippen LogP contribution in [-0.2, 0) is 9.59 Å². The van der Waals surface area contributed by atoms with Crippen LogP contribution in [-0.4, -0.2) is 53.3 Å². The van der Waals surface area contributed by atoms with Crippen LogP contribution < -0.4 is 5.73 Å². The summed E-state index contributed by atoms with van der Waals surface area (Å²) in [5.74, 6) is 0.346. The summed E-state index contributed by atoms with van der Waals surface area (Å²) in [6.45, 7) is 5.79. The SMILES string of the molecule is CC(C)C(=O)N1CC(N2CC(N)CC2=O)C1. The molecule has 0 aliphatic carbocycles. The number of nitrogens with two attached hydrogens (primary N) is 1. The monoisotopic (exact) mass is 225 g/mol. The highest BCUT2D eigenvalue weighted by molar-refractivity contribution is 5.81. The molecule has 2 N–H and O–H groups in total. The fourth-order valence-electron chi connectivity index (χ4n) is 2.31. The highest BCUT2D eigenvalue weighted by atomic mass is 16.2. The standard InChI is InChI=1S/C11H19N3O2/c1-7(2)11(16)13-5-9(6-13)14-4-8(12)3-10(14)15/h7-9H,3-6,12H2,1-2H3. The van der Waals surface area contributed by atoms with Crippen LogP contribution in [0.2, 0.25) is 0 Å². The number of amides is 2. The molecule has 1 unspecified atom stereocenters. The zero-order valence-electron chi connectivity index (χ0n) is 9.85. The Hall–Kier alpha value is -1.10. The largest absolute Gasteiger partial charge is 0.338 e. The maximum atomic E-state index is 11.6. The van der Waals surface area contributed by atoms with Gasteiger partial charge in [0.05, 0.1) is 6.04 Å². The molecule has 1 atom stereocenters. The number of hydrogen-bond acceptors (Lipinski definition) is 3. The van der Waals surface area contributed by atoms with Crippen molar-refractivity contribution in [1.29, 1.82) is 0 Å². The minimum Gasteiger partial charge on any atom is -0.338 e. The molecule has 0 spiro atoms. The third kappa shape index (κ3) is 1.91. The average molecular weight is 225 g/mol. The van der Waals surface area contributed by atoms with E-state index < -0.39 is 0 Å². The van der Waals surface area contributed by atoms with E-state index >= 15 is 0 Å². The molecular weight excluding hydrogens is 206 g/mol. The minimum atomic E-state index is -0.0256. The zero-order valence-corrected chi connectivity index (χ0v) is 9.85. The van der Waals surface area contributed by atoms with Crippen molar-refractivity contribution in [3.8, 4) is 0 Å². The molecule has 2 rings (SSSR count). The molecule has 0 radical (unpaired) electrons. The fraction of sp³-hybridized carbons (Fsp3) is 0.818. The van der Waals surface area contributed by atoms with Gasteiger partial charge in [0.25, 0.3) is 0 Å². The summed E-state index contributed by atoms with van der Waals surface area (Å²) in [5.41, 5.74) is 5.73. The molecule has 0 aromatic heterocycles. The van der Waals surface area contributed by atoms with Crippen LogP contribution in [0, 0.1) is 5.92 Å². The van der Waals surface area contributed by atoms with Crippen LogP contribution in [0.4, 0.5) is 0 Å². The molecule has 2 heterocycles. The Labute approximate surface area is 95.6 Å². The van der Waals surface area contributed by atoms with E-state index in [1.165, 1.54) is 0 Å². The van der Waals surface area contributed by atoms with Gasteiger partial charge in [-0.25, -0.2) is 0 Å². The number of nitrogens with zero attached hydrogens (tertiary/aromatic N) is 2. The number of hydrogen-bond donors (Lipinski definition) is 1. The van der Waals surface area contributed by atoms with Crippen molar-refractivity contribution < 1.29 is 9.59 Å². The average Bonchev–Trinajstić information content (AvgIpc) is 2.43. The van der Waals surface area contributed by atoms with E-state index in [0.717, 1.165) is 0 Å². The minimum absolute atomic E-state index is 0.0256. The van der Waals surface area contributed by atoms with E-state index in [-0.39, 0.29) is 29.8 Å². The highest BCUT2D eigenvalue weighted by Gasteiger charge is 2.40. The van der Waals surface area contributed by atoms with Crippen LogP contribution in [0.15, 0.2) is 0 Å². The van der Waals surface area contributed by atoms with Gasteiger partial charge in [-0.1, -0.05) is 13.8 Å². The highest BCUT2D eigenvalue weighted by Crippen LogP contribution is 2.22. The second kappa shape index (κ2) is 4.05. The quantitative estimate of drug-likeness (QED) is 0.683. The van der Waals surface area contributed by atoms with Crippen LogP contribution in [0.3, 0.4) is 0 Å². The van der Waals surface area contributed by atoms with Gasteiger partial charge in [0, 0.05) is 38.0 Å². The van der Waals surface area contributed by atoms with Gasteiger partial charge < -0.3 is 15.5 Å². The number of carbonyl (C=O) groups excluding carboxylic acids is 2. The summed E-state index contributed by atoms with van der Waals surface area (Å²) < 4.78 is 0. The molecule has 90 valence electrons. The predicted molar refractivity (Wildman–Crippen MR) is 59.5 cm³/mol. The lowest BCUT2D eigenvalue weighted by atomic mass is 10.0. The zero-order chi connectivity index (χ0) is 11.9. The number of rotatable bonds is 2. The Kier molecular flexibility index (Phi) is 2.88. The van der Waals surface area contributed by atoms with Crippen molar-refractivity contribution in [2.45, 2.75) is 32.4 Å². The summed E-state index contributed by atoms with van der Waals surface area (Å²) in [5, 5.41) is 0. The normalized spacial score (nSPS) is 26.5. The van der Waals surface area contributed by atoms with E-state index in [1.54, 1.807) is 0 Å². The molecule has 0 bridgehead atoms. The fourth-order valence-corrected chi connectivity index (χ4v) is 2.31. The Morgan fingerprint density at radius 1 is 1.38 bits per heavy atom. The van der Waals surface area contributed by atoms with E-state index in [2.05, 4.69) is 0 Å². The molecule has 0 saturated carbocycles. The predicted octanol–water partition coefficient (Wildman–Crippen LogP) is -0.587. The van der Waals surface area contributed by atoms with Crippen molar-refractivity contribution in [3.05, 3.63) is 0 Å². The van der Waals surface area contributed by atoms with Gasteiger partial charge in [-0.2, -0.15) is 0 Å². The molecule has 2 aliphatic heterocycles. The molecule has 0 aromatic carbocycles. The molecule has 16 heavy (non-hydrogen) atoms. The van der Waals surface area contributed by atoms with Crippen molar-refractivity contribution in [2.24, 2.45) is 11.7 Å². The molecule has 2 fully saturated rings. The van der Waals surface area contributed by atoms with Crippen molar-refractivity contribution in [1.82, 2.24) is 9.80 Å². The van der Waals surface area contributed by atoms with Crippen molar-refractivity contribution in [2.75, 3.05) is 19.6 Å². The van der Waals surface area contributed by atoms with E-state index in [4.69, 9.17) is 5.73 Å². The van der Waals surface area contributed by atoms with Gasteiger partial charge in [0.15, 0.2) is 0 Å². The lowest BCUT2D eigenvalue weighted by Crippen LogP contribution is -2.62. The second-order valence-corrected chi connectivity index (χ2v) is 5.06. The lowest BCUT2D eigenvalue weighted by molar-refractivity contribution is -0.146.